The molecule has 104 valence electrons. The van der Waals surface area contributed by atoms with Crippen LogP contribution in [0.25, 0.3) is 0 Å². The van der Waals surface area contributed by atoms with Crippen LogP contribution < -0.4 is 10.1 Å². The maximum absolute atomic E-state index is 5.47. The van der Waals surface area contributed by atoms with Gasteiger partial charge in [0.15, 0.2) is 0 Å². The lowest BCUT2D eigenvalue weighted by atomic mass is 9.94. The third kappa shape index (κ3) is 4.39. The van der Waals surface area contributed by atoms with E-state index in [-0.39, 0.29) is 0 Å². The van der Waals surface area contributed by atoms with Crippen LogP contribution in [0.15, 0.2) is 36.4 Å². The summed E-state index contributed by atoms with van der Waals surface area (Å²) in [6.45, 7) is 6.08. The molecule has 1 aliphatic carbocycles. The zero-order valence-electron chi connectivity index (χ0n) is 12.1. The van der Waals surface area contributed by atoms with Crippen molar-refractivity contribution in [2.75, 3.05) is 13.2 Å². The standard InChI is InChI=1S/C17H25NO/c1-3-19-17-11-9-16(10-12-17)14(2)18-13-15-7-5-4-6-8-15/h4-5,9-12,14-15,18H,3,6-8,13H2,1-2H3. The van der Waals surface area contributed by atoms with Crippen LogP contribution in [-0.4, -0.2) is 13.2 Å². The lowest BCUT2D eigenvalue weighted by Gasteiger charge is -2.21. The number of benzene rings is 1. The van der Waals surface area contributed by atoms with E-state index in [2.05, 4.69) is 48.7 Å². The Morgan fingerprint density at radius 3 is 2.68 bits per heavy atom. The van der Waals surface area contributed by atoms with Crippen molar-refractivity contribution in [1.82, 2.24) is 5.32 Å². The van der Waals surface area contributed by atoms with Gasteiger partial charge in [-0.25, -0.2) is 0 Å². The molecule has 0 radical (unpaired) electrons. The van der Waals surface area contributed by atoms with Gasteiger partial charge >= 0.3 is 0 Å². The third-order valence-electron chi connectivity index (χ3n) is 3.78. The zero-order chi connectivity index (χ0) is 13.5. The van der Waals surface area contributed by atoms with Crippen LogP contribution in [0.1, 0.15) is 44.7 Å². The van der Waals surface area contributed by atoms with Crippen LogP contribution in [0.2, 0.25) is 0 Å². The van der Waals surface area contributed by atoms with Gasteiger partial charge in [-0.2, -0.15) is 0 Å². The average molecular weight is 259 g/mol. The van der Waals surface area contributed by atoms with Gasteiger partial charge < -0.3 is 10.1 Å². The minimum Gasteiger partial charge on any atom is -0.494 e. The summed E-state index contributed by atoms with van der Waals surface area (Å²) < 4.78 is 5.47. The Hall–Kier alpha value is -1.28. The van der Waals surface area contributed by atoms with Gasteiger partial charge in [0.25, 0.3) is 0 Å². The minimum absolute atomic E-state index is 0.404. The highest BCUT2D eigenvalue weighted by Gasteiger charge is 2.12. The largest absolute Gasteiger partial charge is 0.494 e. The predicted octanol–water partition coefficient (Wildman–Crippen LogP) is 4.09. The maximum atomic E-state index is 5.47. The summed E-state index contributed by atoms with van der Waals surface area (Å²) in [6, 6.07) is 8.83. The molecule has 0 fully saturated rings. The SMILES string of the molecule is CCOc1ccc(C(C)NCC2CC=CCC2)cc1. The van der Waals surface area contributed by atoms with Crippen LogP contribution in [-0.2, 0) is 0 Å². The molecule has 0 amide bonds. The van der Waals surface area contributed by atoms with E-state index in [0.29, 0.717) is 6.04 Å². The molecule has 2 atom stereocenters. The Morgan fingerprint density at radius 2 is 2.05 bits per heavy atom. The first kappa shape index (κ1) is 14.1. The van der Waals surface area contributed by atoms with E-state index < -0.39 is 0 Å². The summed E-state index contributed by atoms with van der Waals surface area (Å²) in [5.41, 5.74) is 1.33. The van der Waals surface area contributed by atoms with E-state index in [1.54, 1.807) is 0 Å². The molecule has 19 heavy (non-hydrogen) atoms. The van der Waals surface area contributed by atoms with E-state index in [1.165, 1.54) is 24.8 Å². The fraction of sp³-hybridized carbons (Fsp3) is 0.529. The summed E-state index contributed by atoms with van der Waals surface area (Å²) in [4.78, 5) is 0. The fourth-order valence-corrected chi connectivity index (χ4v) is 2.52. The van der Waals surface area contributed by atoms with Crippen molar-refractivity contribution in [3.8, 4) is 5.75 Å². The summed E-state index contributed by atoms with van der Waals surface area (Å²) >= 11 is 0. The molecule has 1 aromatic carbocycles. The molecule has 0 heterocycles. The second-order valence-electron chi connectivity index (χ2n) is 5.28. The van der Waals surface area contributed by atoms with Gasteiger partial charge in [-0.15, -0.1) is 0 Å². The van der Waals surface area contributed by atoms with E-state index in [1.807, 2.05) is 6.92 Å². The van der Waals surface area contributed by atoms with Crippen molar-refractivity contribution in [2.45, 2.75) is 39.2 Å². The highest BCUT2D eigenvalue weighted by molar-refractivity contribution is 5.28. The van der Waals surface area contributed by atoms with Crippen LogP contribution in [0, 0.1) is 5.92 Å². The second-order valence-corrected chi connectivity index (χ2v) is 5.28. The molecule has 2 unspecified atom stereocenters. The van der Waals surface area contributed by atoms with Gasteiger partial charge in [-0.3, -0.25) is 0 Å². The van der Waals surface area contributed by atoms with Gasteiger partial charge in [0.1, 0.15) is 5.75 Å². The number of ether oxygens (including phenoxy) is 1. The number of allylic oxidation sites excluding steroid dienone is 2. The summed E-state index contributed by atoms with van der Waals surface area (Å²) in [6.07, 6.45) is 8.40. The van der Waals surface area contributed by atoms with E-state index >= 15 is 0 Å². The van der Waals surface area contributed by atoms with E-state index in [4.69, 9.17) is 4.74 Å². The van der Waals surface area contributed by atoms with Crippen molar-refractivity contribution in [3.05, 3.63) is 42.0 Å². The first-order chi connectivity index (χ1) is 9.29. The number of hydrogen-bond donors (Lipinski definition) is 1. The van der Waals surface area contributed by atoms with E-state index in [0.717, 1.165) is 24.8 Å². The lowest BCUT2D eigenvalue weighted by molar-refractivity contribution is 0.340. The number of rotatable bonds is 6. The Balaban J connectivity index is 1.81. The highest BCUT2D eigenvalue weighted by Crippen LogP contribution is 2.20. The van der Waals surface area contributed by atoms with Gasteiger partial charge in [0.05, 0.1) is 6.61 Å². The monoisotopic (exact) mass is 259 g/mol. The van der Waals surface area contributed by atoms with Crippen molar-refractivity contribution >= 4 is 0 Å². The fourth-order valence-electron chi connectivity index (χ4n) is 2.52. The quantitative estimate of drug-likeness (QED) is 0.777. The molecule has 0 spiro atoms. The molecule has 1 aliphatic rings. The molecule has 0 saturated heterocycles. The molecule has 0 bridgehead atoms. The van der Waals surface area contributed by atoms with E-state index in [9.17, 15) is 0 Å². The smallest absolute Gasteiger partial charge is 0.119 e. The molecule has 0 aromatic heterocycles. The molecule has 1 N–H and O–H groups in total. The van der Waals surface area contributed by atoms with Crippen molar-refractivity contribution < 1.29 is 4.74 Å². The molecule has 2 rings (SSSR count). The molecule has 0 saturated carbocycles. The number of nitrogens with one attached hydrogen (secondary N) is 1. The summed E-state index contributed by atoms with van der Waals surface area (Å²) in [5, 5.41) is 3.65. The number of hydrogen-bond acceptors (Lipinski definition) is 2. The first-order valence-electron chi connectivity index (χ1n) is 7.40. The summed E-state index contributed by atoms with van der Waals surface area (Å²) in [5.74, 6) is 1.76. The third-order valence-corrected chi connectivity index (χ3v) is 3.78. The van der Waals surface area contributed by atoms with Crippen molar-refractivity contribution in [2.24, 2.45) is 5.92 Å². The maximum Gasteiger partial charge on any atom is 0.119 e. The molecule has 2 heteroatoms. The Morgan fingerprint density at radius 1 is 1.26 bits per heavy atom. The Kier molecular flexibility index (Phi) is 5.46. The van der Waals surface area contributed by atoms with Crippen LogP contribution in [0.4, 0.5) is 0 Å². The normalized spacial score (nSPS) is 20.2. The molecular weight excluding hydrogens is 234 g/mol. The van der Waals surface area contributed by atoms with Gasteiger partial charge in [-0.05, 0) is 63.3 Å². The van der Waals surface area contributed by atoms with Gasteiger partial charge in [-0.1, -0.05) is 24.3 Å². The zero-order valence-corrected chi connectivity index (χ0v) is 12.1. The van der Waals surface area contributed by atoms with Gasteiger partial charge in [0.2, 0.25) is 0 Å². The molecule has 1 aromatic rings. The molecule has 0 aliphatic heterocycles. The van der Waals surface area contributed by atoms with Crippen LogP contribution in [0.5, 0.6) is 5.75 Å². The topological polar surface area (TPSA) is 21.3 Å². The van der Waals surface area contributed by atoms with Crippen molar-refractivity contribution in [1.29, 1.82) is 0 Å². The van der Waals surface area contributed by atoms with Gasteiger partial charge in [0, 0.05) is 6.04 Å². The van der Waals surface area contributed by atoms with Crippen LogP contribution >= 0.6 is 0 Å². The van der Waals surface area contributed by atoms with Crippen molar-refractivity contribution in [3.63, 3.8) is 0 Å². The molecule has 2 nitrogen and oxygen atoms in total. The predicted molar refractivity (Wildman–Crippen MR) is 80.5 cm³/mol. The second kappa shape index (κ2) is 7.34. The first-order valence-corrected chi connectivity index (χ1v) is 7.40. The minimum atomic E-state index is 0.404. The lowest BCUT2D eigenvalue weighted by Crippen LogP contribution is -2.26. The van der Waals surface area contributed by atoms with Crippen LogP contribution in [0.3, 0.4) is 0 Å². The molecular formula is C17H25NO. The average Bonchev–Trinajstić information content (AvgIpc) is 2.47. The Labute approximate surface area is 116 Å². The summed E-state index contributed by atoms with van der Waals surface area (Å²) in [7, 11) is 0. The Bertz CT molecular complexity index is 396. The highest BCUT2D eigenvalue weighted by atomic mass is 16.5.